The van der Waals surface area contributed by atoms with Crippen LogP contribution in [-0.4, -0.2) is 42.6 Å². The number of amides is 1. The summed E-state index contributed by atoms with van der Waals surface area (Å²) in [6.07, 6.45) is -5.15. The van der Waals surface area contributed by atoms with Crippen LogP contribution in [0.1, 0.15) is 16.8 Å². The predicted molar refractivity (Wildman–Crippen MR) is 67.9 cm³/mol. The van der Waals surface area contributed by atoms with Gasteiger partial charge in [-0.05, 0) is 25.1 Å². The number of aliphatic hydroxyl groups excluding tert-OH is 1. The molecule has 3 N–H and O–H groups in total. The Morgan fingerprint density at radius 3 is 2.76 bits per heavy atom. The van der Waals surface area contributed by atoms with Crippen LogP contribution in [0.15, 0.2) is 24.3 Å². The van der Waals surface area contributed by atoms with E-state index in [1.165, 1.54) is 18.2 Å². The van der Waals surface area contributed by atoms with Crippen LogP contribution in [0.4, 0.5) is 13.2 Å². The molecule has 116 valence electrons. The number of aliphatic hydroxyl groups is 1. The molecule has 0 radical (unpaired) electrons. The Hall–Kier alpha value is -1.80. The van der Waals surface area contributed by atoms with Crippen LogP contribution in [0.25, 0.3) is 0 Å². The van der Waals surface area contributed by atoms with Gasteiger partial charge in [0.05, 0.1) is 17.7 Å². The smallest absolute Gasteiger partial charge is 0.405 e. The fraction of sp³-hybridized carbons (Fsp3) is 0.462. The average Bonchev–Trinajstić information content (AvgIpc) is 2.40. The van der Waals surface area contributed by atoms with Crippen LogP contribution in [0.3, 0.4) is 0 Å². The van der Waals surface area contributed by atoms with E-state index in [2.05, 4.69) is 15.4 Å². The molecule has 1 aliphatic rings. The maximum atomic E-state index is 12.3. The number of β-amino-alcohol motifs (C(OH)–C–C–N with tert-alkyl or cyclic N) is 1. The number of hydrogen-bond acceptors (Lipinski definition) is 4. The average molecular weight is 304 g/mol. The van der Waals surface area contributed by atoms with Gasteiger partial charge in [-0.15, -0.1) is 13.2 Å². The summed E-state index contributed by atoms with van der Waals surface area (Å²) < 4.78 is 40.7. The van der Waals surface area contributed by atoms with Crippen molar-refractivity contribution in [2.24, 2.45) is 0 Å². The fourth-order valence-corrected chi connectivity index (χ4v) is 2.12. The highest BCUT2D eigenvalue weighted by Crippen LogP contribution is 2.26. The Bertz CT molecular complexity index is 508. The Labute approximate surface area is 119 Å². The first-order valence-corrected chi connectivity index (χ1v) is 6.41. The van der Waals surface area contributed by atoms with Gasteiger partial charge in [0, 0.05) is 6.54 Å². The number of para-hydroxylation sites is 1. The van der Waals surface area contributed by atoms with Gasteiger partial charge in [0.25, 0.3) is 5.91 Å². The highest BCUT2D eigenvalue weighted by molar-refractivity contribution is 5.97. The normalized spacial score (nSPS) is 22.7. The Balaban J connectivity index is 2.11. The maximum absolute atomic E-state index is 12.3. The summed E-state index contributed by atoms with van der Waals surface area (Å²) in [5.74, 6) is -1.27. The topological polar surface area (TPSA) is 70.6 Å². The molecule has 0 aromatic heterocycles. The molecule has 0 bridgehead atoms. The van der Waals surface area contributed by atoms with Crippen LogP contribution in [-0.2, 0) is 0 Å². The largest absolute Gasteiger partial charge is 0.573 e. The first-order chi connectivity index (χ1) is 9.87. The van der Waals surface area contributed by atoms with Crippen LogP contribution in [0.5, 0.6) is 5.75 Å². The number of piperidine rings is 1. The van der Waals surface area contributed by atoms with Gasteiger partial charge in [0.2, 0.25) is 0 Å². The van der Waals surface area contributed by atoms with Crippen molar-refractivity contribution in [3.05, 3.63) is 29.8 Å². The second kappa shape index (κ2) is 6.31. The molecule has 1 aromatic rings. The van der Waals surface area contributed by atoms with Crippen LogP contribution >= 0.6 is 0 Å². The van der Waals surface area contributed by atoms with Crippen molar-refractivity contribution in [1.82, 2.24) is 10.6 Å². The zero-order valence-electron chi connectivity index (χ0n) is 11.0. The molecule has 5 nitrogen and oxygen atoms in total. The maximum Gasteiger partial charge on any atom is 0.573 e. The van der Waals surface area contributed by atoms with Crippen molar-refractivity contribution in [2.75, 3.05) is 13.1 Å². The van der Waals surface area contributed by atoms with E-state index in [0.29, 0.717) is 19.5 Å². The summed E-state index contributed by atoms with van der Waals surface area (Å²) in [6, 6.07) is 4.59. The first-order valence-electron chi connectivity index (χ1n) is 6.41. The Morgan fingerprint density at radius 2 is 2.10 bits per heavy atom. The van der Waals surface area contributed by atoms with Crippen molar-refractivity contribution >= 4 is 5.91 Å². The molecule has 1 amide bonds. The number of carbonyl (C=O) groups excluding carboxylic acids is 1. The second-order valence-electron chi connectivity index (χ2n) is 4.68. The van der Waals surface area contributed by atoms with Crippen molar-refractivity contribution in [1.29, 1.82) is 0 Å². The van der Waals surface area contributed by atoms with E-state index in [4.69, 9.17) is 0 Å². The van der Waals surface area contributed by atoms with E-state index in [9.17, 15) is 23.1 Å². The minimum Gasteiger partial charge on any atom is -0.405 e. The zero-order valence-corrected chi connectivity index (χ0v) is 11.0. The van der Waals surface area contributed by atoms with Gasteiger partial charge in [-0.2, -0.15) is 0 Å². The Morgan fingerprint density at radius 1 is 1.38 bits per heavy atom. The third-order valence-electron chi connectivity index (χ3n) is 3.12. The van der Waals surface area contributed by atoms with Crippen molar-refractivity contribution < 1.29 is 27.8 Å². The van der Waals surface area contributed by atoms with Crippen LogP contribution in [0, 0.1) is 0 Å². The number of hydrogen-bond donors (Lipinski definition) is 3. The number of halogens is 3. The molecule has 2 atom stereocenters. The molecular formula is C13H15F3N2O3. The summed E-state index contributed by atoms with van der Waals surface area (Å²) >= 11 is 0. The van der Waals surface area contributed by atoms with Crippen molar-refractivity contribution in [3.63, 3.8) is 0 Å². The third kappa shape index (κ3) is 4.33. The zero-order chi connectivity index (χ0) is 15.5. The molecule has 0 unspecified atom stereocenters. The van der Waals surface area contributed by atoms with E-state index < -0.39 is 30.2 Å². The van der Waals surface area contributed by atoms with E-state index in [1.54, 1.807) is 0 Å². The minimum absolute atomic E-state index is 0.222. The lowest BCUT2D eigenvalue weighted by molar-refractivity contribution is -0.274. The van der Waals surface area contributed by atoms with E-state index in [0.717, 1.165) is 6.07 Å². The summed E-state index contributed by atoms with van der Waals surface area (Å²) in [4.78, 5) is 12.1. The molecule has 8 heteroatoms. The molecule has 1 saturated heterocycles. The number of benzene rings is 1. The van der Waals surface area contributed by atoms with Gasteiger partial charge in [-0.1, -0.05) is 12.1 Å². The molecule has 1 aromatic carbocycles. The van der Waals surface area contributed by atoms with E-state index in [-0.39, 0.29) is 5.56 Å². The number of nitrogens with one attached hydrogen (secondary N) is 2. The third-order valence-corrected chi connectivity index (χ3v) is 3.12. The van der Waals surface area contributed by atoms with Gasteiger partial charge < -0.3 is 20.5 Å². The molecule has 1 aliphatic heterocycles. The van der Waals surface area contributed by atoms with Gasteiger partial charge in [-0.3, -0.25) is 4.79 Å². The molecule has 21 heavy (non-hydrogen) atoms. The standard InChI is InChI=1S/C13H15F3N2O3/c14-13(15,16)21-11-4-2-1-3-8(11)12(20)18-9-5-6-17-7-10(9)19/h1-4,9-10,17,19H,5-7H2,(H,18,20)/t9-,10-/m0/s1. The lowest BCUT2D eigenvalue weighted by Gasteiger charge is -2.29. The lowest BCUT2D eigenvalue weighted by Crippen LogP contribution is -2.52. The second-order valence-corrected chi connectivity index (χ2v) is 4.68. The number of ether oxygens (including phenoxy) is 1. The highest BCUT2D eigenvalue weighted by Gasteiger charge is 2.33. The summed E-state index contributed by atoms with van der Waals surface area (Å²) in [5, 5.41) is 15.2. The SMILES string of the molecule is O=C(N[C@H]1CCNC[C@@H]1O)c1ccccc1OC(F)(F)F. The highest BCUT2D eigenvalue weighted by atomic mass is 19.4. The van der Waals surface area contributed by atoms with Gasteiger partial charge >= 0.3 is 6.36 Å². The van der Waals surface area contributed by atoms with Crippen LogP contribution in [0.2, 0.25) is 0 Å². The molecule has 0 saturated carbocycles. The monoisotopic (exact) mass is 304 g/mol. The molecule has 0 aliphatic carbocycles. The van der Waals surface area contributed by atoms with Crippen molar-refractivity contribution in [3.8, 4) is 5.75 Å². The summed E-state index contributed by atoms with van der Waals surface area (Å²) in [5.41, 5.74) is -0.222. The van der Waals surface area contributed by atoms with Crippen LogP contribution < -0.4 is 15.4 Å². The van der Waals surface area contributed by atoms with Crippen molar-refractivity contribution in [2.45, 2.75) is 24.9 Å². The quantitative estimate of drug-likeness (QED) is 0.780. The molecule has 2 rings (SSSR count). The predicted octanol–water partition coefficient (Wildman–Crippen LogP) is 1.04. The van der Waals surface area contributed by atoms with Gasteiger partial charge in [-0.25, -0.2) is 0 Å². The van der Waals surface area contributed by atoms with E-state index >= 15 is 0 Å². The molecular weight excluding hydrogens is 289 g/mol. The fourth-order valence-electron chi connectivity index (χ4n) is 2.12. The van der Waals surface area contributed by atoms with Gasteiger partial charge in [0.15, 0.2) is 0 Å². The number of alkyl halides is 3. The number of rotatable bonds is 3. The number of carbonyl (C=O) groups is 1. The van der Waals surface area contributed by atoms with Gasteiger partial charge in [0.1, 0.15) is 5.75 Å². The molecule has 1 heterocycles. The lowest BCUT2D eigenvalue weighted by atomic mass is 10.0. The van der Waals surface area contributed by atoms with E-state index in [1.807, 2.05) is 0 Å². The molecule has 1 fully saturated rings. The summed E-state index contributed by atoms with van der Waals surface area (Å²) in [6.45, 7) is 0.939. The Kier molecular flexibility index (Phi) is 4.69. The minimum atomic E-state index is -4.87. The summed E-state index contributed by atoms with van der Waals surface area (Å²) in [7, 11) is 0. The first kappa shape index (κ1) is 15.6. The molecule has 0 spiro atoms.